The second-order valence-corrected chi connectivity index (χ2v) is 7.14. The number of hydrogen-bond donors (Lipinski definition) is 1. The minimum absolute atomic E-state index is 0.229. The van der Waals surface area contributed by atoms with Crippen molar-refractivity contribution < 1.29 is 13.9 Å². The maximum atomic E-state index is 12.6. The van der Waals surface area contributed by atoms with Crippen molar-refractivity contribution in [3.05, 3.63) is 59.5 Å². The van der Waals surface area contributed by atoms with Gasteiger partial charge in [0.25, 0.3) is 5.91 Å². The van der Waals surface area contributed by atoms with Gasteiger partial charge in [0.2, 0.25) is 11.8 Å². The predicted octanol–water partition coefficient (Wildman–Crippen LogP) is 4.88. The molecule has 0 fully saturated rings. The Morgan fingerprint density at radius 2 is 1.86 bits per heavy atom. The van der Waals surface area contributed by atoms with E-state index >= 15 is 0 Å². The summed E-state index contributed by atoms with van der Waals surface area (Å²) in [7, 11) is 0. The van der Waals surface area contributed by atoms with Crippen molar-refractivity contribution in [2.24, 2.45) is 0 Å². The molecule has 0 spiro atoms. The Kier molecular flexibility index (Phi) is 5.78. The maximum absolute atomic E-state index is 12.6. The lowest BCUT2D eigenvalue weighted by Gasteiger charge is -2.18. The average Bonchev–Trinajstić information content (AvgIpc) is 3.10. The summed E-state index contributed by atoms with van der Waals surface area (Å²) in [4.78, 5) is 12.6. The van der Waals surface area contributed by atoms with Gasteiger partial charge in [-0.15, -0.1) is 10.2 Å². The first-order valence-corrected chi connectivity index (χ1v) is 9.32. The van der Waals surface area contributed by atoms with Crippen molar-refractivity contribution in [3.63, 3.8) is 0 Å². The molecule has 3 aromatic rings. The quantitative estimate of drug-likeness (QED) is 0.660. The number of carbonyl (C=O) groups is 1. The fourth-order valence-corrected chi connectivity index (χ4v) is 2.73. The van der Waals surface area contributed by atoms with E-state index in [-0.39, 0.29) is 5.91 Å². The van der Waals surface area contributed by atoms with Crippen LogP contribution in [0.3, 0.4) is 0 Å². The minimum Gasteiger partial charge on any atom is -0.481 e. The maximum Gasteiger partial charge on any atom is 0.265 e. The van der Waals surface area contributed by atoms with Crippen molar-refractivity contribution in [2.75, 3.05) is 5.32 Å². The fraction of sp³-hybridized carbons (Fsp3) is 0.318. The summed E-state index contributed by atoms with van der Waals surface area (Å²) in [5.74, 6) is 1.80. The van der Waals surface area contributed by atoms with Crippen LogP contribution in [0, 0.1) is 13.8 Å². The van der Waals surface area contributed by atoms with Gasteiger partial charge in [0.15, 0.2) is 6.10 Å². The molecule has 0 aliphatic heterocycles. The molecule has 1 heterocycles. The number of aromatic nitrogens is 2. The molecule has 3 rings (SSSR count). The number of carbonyl (C=O) groups excluding carboxylic acids is 1. The molecule has 0 unspecified atom stereocenters. The lowest BCUT2D eigenvalue weighted by molar-refractivity contribution is -0.122. The van der Waals surface area contributed by atoms with Crippen LogP contribution in [0.5, 0.6) is 5.75 Å². The Morgan fingerprint density at radius 3 is 2.54 bits per heavy atom. The number of ether oxygens (including phenoxy) is 1. The monoisotopic (exact) mass is 379 g/mol. The summed E-state index contributed by atoms with van der Waals surface area (Å²) in [5, 5.41) is 10.7. The first-order chi connectivity index (χ1) is 13.3. The van der Waals surface area contributed by atoms with Gasteiger partial charge in [-0.2, -0.15) is 0 Å². The van der Waals surface area contributed by atoms with Gasteiger partial charge in [-0.25, -0.2) is 0 Å². The largest absolute Gasteiger partial charge is 0.481 e. The number of nitrogens with one attached hydrogen (secondary N) is 1. The van der Waals surface area contributed by atoms with Crippen molar-refractivity contribution in [3.8, 4) is 17.2 Å². The first kappa shape index (κ1) is 19.6. The molecular formula is C22H25N3O3. The fourth-order valence-electron chi connectivity index (χ4n) is 2.73. The van der Waals surface area contributed by atoms with Crippen LogP contribution in [0.1, 0.15) is 43.7 Å². The molecule has 6 heteroatoms. The molecule has 0 radical (unpaired) electrons. The van der Waals surface area contributed by atoms with Crippen LogP contribution in [0.25, 0.3) is 11.5 Å². The zero-order valence-electron chi connectivity index (χ0n) is 16.8. The van der Waals surface area contributed by atoms with E-state index in [4.69, 9.17) is 9.15 Å². The highest BCUT2D eigenvalue weighted by atomic mass is 16.5. The molecule has 0 aliphatic carbocycles. The third-order valence-corrected chi connectivity index (χ3v) is 4.45. The summed E-state index contributed by atoms with van der Waals surface area (Å²) >= 11 is 0. The van der Waals surface area contributed by atoms with Crippen molar-refractivity contribution >= 4 is 11.6 Å². The highest BCUT2D eigenvalue weighted by molar-refractivity contribution is 5.94. The van der Waals surface area contributed by atoms with Crippen LogP contribution in [-0.2, 0) is 4.79 Å². The van der Waals surface area contributed by atoms with Gasteiger partial charge < -0.3 is 14.5 Å². The van der Waals surface area contributed by atoms with Crippen molar-refractivity contribution in [1.82, 2.24) is 10.2 Å². The number of aryl methyl sites for hydroxylation is 2. The Balaban J connectivity index is 1.70. The average molecular weight is 379 g/mol. The Labute approximate surface area is 164 Å². The number of hydrogen-bond acceptors (Lipinski definition) is 5. The van der Waals surface area contributed by atoms with E-state index in [1.165, 1.54) is 5.56 Å². The normalized spacial score (nSPS) is 12.1. The van der Waals surface area contributed by atoms with Crippen LogP contribution >= 0.6 is 0 Å². The second-order valence-electron chi connectivity index (χ2n) is 7.14. The molecule has 0 aliphatic rings. The molecule has 28 heavy (non-hydrogen) atoms. The lowest BCUT2D eigenvalue weighted by Crippen LogP contribution is -2.30. The van der Waals surface area contributed by atoms with E-state index in [0.717, 1.165) is 16.9 Å². The third kappa shape index (κ3) is 4.57. The topological polar surface area (TPSA) is 77.2 Å². The minimum atomic E-state index is -0.643. The predicted molar refractivity (Wildman–Crippen MR) is 108 cm³/mol. The first-order valence-electron chi connectivity index (χ1n) is 9.32. The Bertz CT molecular complexity index is 979. The lowest BCUT2D eigenvalue weighted by atomic mass is 10.0. The third-order valence-electron chi connectivity index (χ3n) is 4.45. The molecule has 2 aromatic carbocycles. The molecule has 1 amide bonds. The number of benzene rings is 2. The highest BCUT2D eigenvalue weighted by Crippen LogP contribution is 2.26. The van der Waals surface area contributed by atoms with Crippen LogP contribution in [-0.4, -0.2) is 22.2 Å². The summed E-state index contributed by atoms with van der Waals surface area (Å²) in [6, 6.07) is 13.4. The summed E-state index contributed by atoms with van der Waals surface area (Å²) in [6.45, 7) is 9.70. The van der Waals surface area contributed by atoms with E-state index in [1.807, 2.05) is 37.3 Å². The second kappa shape index (κ2) is 8.25. The van der Waals surface area contributed by atoms with E-state index in [1.54, 1.807) is 19.9 Å². The zero-order valence-corrected chi connectivity index (χ0v) is 16.8. The van der Waals surface area contributed by atoms with Crippen molar-refractivity contribution in [1.29, 1.82) is 0 Å². The van der Waals surface area contributed by atoms with E-state index < -0.39 is 6.10 Å². The van der Waals surface area contributed by atoms with E-state index in [2.05, 4.69) is 35.4 Å². The van der Waals surface area contributed by atoms with Gasteiger partial charge in [0.05, 0.1) is 0 Å². The molecule has 1 aromatic heterocycles. The van der Waals surface area contributed by atoms with Gasteiger partial charge in [-0.3, -0.25) is 4.79 Å². The molecule has 0 saturated carbocycles. The molecule has 146 valence electrons. The smallest absolute Gasteiger partial charge is 0.265 e. The van der Waals surface area contributed by atoms with E-state index in [0.29, 0.717) is 23.4 Å². The Morgan fingerprint density at radius 1 is 1.07 bits per heavy atom. The number of amides is 1. The van der Waals surface area contributed by atoms with Gasteiger partial charge in [0, 0.05) is 18.2 Å². The summed E-state index contributed by atoms with van der Waals surface area (Å²) in [6.07, 6.45) is -0.643. The zero-order chi connectivity index (χ0) is 20.3. The molecule has 6 nitrogen and oxygen atoms in total. The number of nitrogens with zero attached hydrogens (tertiary/aromatic N) is 2. The number of anilines is 1. The molecule has 1 N–H and O–H groups in total. The van der Waals surface area contributed by atoms with Crippen LogP contribution in [0.15, 0.2) is 46.9 Å². The SMILES string of the molecule is Cc1nnc(-c2cccc(NC(=O)[C@H](C)Oc3cc(C(C)C)ccc3C)c2)o1. The summed E-state index contributed by atoms with van der Waals surface area (Å²) in [5.41, 5.74) is 3.56. The highest BCUT2D eigenvalue weighted by Gasteiger charge is 2.17. The van der Waals surface area contributed by atoms with Gasteiger partial charge >= 0.3 is 0 Å². The molecule has 0 bridgehead atoms. The molecular weight excluding hydrogens is 354 g/mol. The number of rotatable bonds is 6. The summed E-state index contributed by atoms with van der Waals surface area (Å²) < 4.78 is 11.4. The van der Waals surface area contributed by atoms with Crippen molar-refractivity contribution in [2.45, 2.75) is 46.6 Å². The molecule has 0 saturated heterocycles. The molecule has 1 atom stereocenters. The standard InChI is InChI=1S/C22H25N3O3/c1-13(2)17-10-9-14(3)20(12-17)27-15(4)21(26)23-19-8-6-7-18(11-19)22-25-24-16(5)28-22/h6-13,15H,1-5H3,(H,23,26)/t15-/m0/s1. The van der Waals surface area contributed by atoms with Gasteiger partial charge in [-0.05, 0) is 55.2 Å². The van der Waals surface area contributed by atoms with E-state index in [9.17, 15) is 4.79 Å². The van der Waals surface area contributed by atoms with Crippen LogP contribution in [0.4, 0.5) is 5.69 Å². The van der Waals surface area contributed by atoms with Gasteiger partial charge in [-0.1, -0.05) is 32.0 Å². The van der Waals surface area contributed by atoms with Crippen LogP contribution < -0.4 is 10.1 Å². The van der Waals surface area contributed by atoms with Crippen LogP contribution in [0.2, 0.25) is 0 Å². The van der Waals surface area contributed by atoms with Gasteiger partial charge in [0.1, 0.15) is 5.75 Å². The Hall–Kier alpha value is -3.15.